The van der Waals surface area contributed by atoms with Crippen LogP contribution in [0, 0.1) is 5.92 Å². The maximum Gasteiger partial charge on any atom is 0.305 e. The Hall–Kier alpha value is -2.52. The van der Waals surface area contributed by atoms with Crippen LogP contribution < -0.4 is 5.73 Å². The molecular formula is C15H19N5O4. The van der Waals surface area contributed by atoms with Crippen molar-refractivity contribution in [2.24, 2.45) is 11.7 Å². The van der Waals surface area contributed by atoms with Crippen LogP contribution in [0.5, 0.6) is 0 Å². The molecule has 3 rings (SSSR count). The molecule has 2 aromatic rings. The number of fused-ring (bicyclic) bond motifs is 1. The van der Waals surface area contributed by atoms with Crippen molar-refractivity contribution in [2.75, 3.05) is 13.1 Å². The van der Waals surface area contributed by atoms with Gasteiger partial charge in [-0.3, -0.25) is 14.6 Å². The van der Waals surface area contributed by atoms with Gasteiger partial charge in [-0.05, 0) is 6.42 Å². The molecule has 2 aromatic heterocycles. The van der Waals surface area contributed by atoms with Crippen molar-refractivity contribution >= 4 is 17.5 Å². The Morgan fingerprint density at radius 2 is 2.17 bits per heavy atom. The van der Waals surface area contributed by atoms with Gasteiger partial charge in [0, 0.05) is 37.6 Å². The summed E-state index contributed by atoms with van der Waals surface area (Å²) in [5, 5.41) is 18.9. The summed E-state index contributed by atoms with van der Waals surface area (Å²) in [6.45, 7) is 0.487. The topological polar surface area (TPSA) is 134 Å². The number of rotatable bonds is 5. The number of aromatic nitrogens is 3. The number of carbonyl (C=O) groups excluding carboxylic acids is 1. The molecule has 1 fully saturated rings. The maximum absolute atomic E-state index is 12.2. The summed E-state index contributed by atoms with van der Waals surface area (Å²) in [7, 11) is 0. The fraction of sp³-hybridized carbons (Fsp3) is 0.467. The molecule has 128 valence electrons. The minimum atomic E-state index is -1.12. The zero-order valence-corrected chi connectivity index (χ0v) is 12.9. The lowest BCUT2D eigenvalue weighted by Crippen LogP contribution is -2.44. The largest absolute Gasteiger partial charge is 0.481 e. The highest BCUT2D eigenvalue weighted by Gasteiger charge is 2.36. The average Bonchev–Trinajstić information content (AvgIpc) is 3.12. The van der Waals surface area contributed by atoms with Crippen molar-refractivity contribution in [3.05, 3.63) is 30.5 Å². The lowest BCUT2D eigenvalue weighted by Gasteiger charge is -2.19. The van der Waals surface area contributed by atoms with E-state index >= 15 is 0 Å². The molecule has 9 nitrogen and oxygen atoms in total. The van der Waals surface area contributed by atoms with E-state index in [0.717, 1.165) is 11.3 Å². The molecule has 1 amide bonds. The number of hydrogen-bond donors (Lipinski definition) is 3. The Bertz CT molecular complexity index is 761. The highest BCUT2D eigenvalue weighted by atomic mass is 16.4. The van der Waals surface area contributed by atoms with E-state index in [9.17, 15) is 14.7 Å². The Labute approximate surface area is 137 Å². The molecule has 4 N–H and O–H groups in total. The molecule has 0 unspecified atom stereocenters. The van der Waals surface area contributed by atoms with Crippen LogP contribution in [0.4, 0.5) is 0 Å². The van der Waals surface area contributed by atoms with Crippen LogP contribution in [0.15, 0.2) is 24.8 Å². The third-order valence-corrected chi connectivity index (χ3v) is 4.23. The number of aliphatic hydroxyl groups is 1. The number of carboxylic acids is 1. The van der Waals surface area contributed by atoms with Gasteiger partial charge in [0.1, 0.15) is 0 Å². The fourth-order valence-corrected chi connectivity index (χ4v) is 2.99. The van der Waals surface area contributed by atoms with Gasteiger partial charge in [0.25, 0.3) is 0 Å². The molecule has 1 aliphatic rings. The summed E-state index contributed by atoms with van der Waals surface area (Å²) < 4.78 is 1.84. The van der Waals surface area contributed by atoms with Gasteiger partial charge >= 0.3 is 5.97 Å². The zero-order chi connectivity index (χ0) is 17.3. The van der Waals surface area contributed by atoms with Crippen LogP contribution >= 0.6 is 0 Å². The summed E-state index contributed by atoms with van der Waals surface area (Å²) in [6, 6.07) is -1.09. The summed E-state index contributed by atoms with van der Waals surface area (Å²) in [6.07, 6.45) is 6.38. The van der Waals surface area contributed by atoms with Gasteiger partial charge in [-0.2, -0.15) is 0 Å². The first-order chi connectivity index (χ1) is 11.4. The van der Waals surface area contributed by atoms with Gasteiger partial charge in [-0.15, -0.1) is 0 Å². The third-order valence-electron chi connectivity index (χ3n) is 4.23. The summed E-state index contributed by atoms with van der Waals surface area (Å²) in [5.41, 5.74) is 7.14. The monoisotopic (exact) mass is 333 g/mol. The van der Waals surface area contributed by atoms with E-state index in [-0.39, 0.29) is 12.5 Å². The van der Waals surface area contributed by atoms with Gasteiger partial charge in [0.2, 0.25) is 5.91 Å². The molecule has 0 radical (unpaired) electrons. The van der Waals surface area contributed by atoms with Crippen molar-refractivity contribution in [2.45, 2.75) is 25.0 Å². The Morgan fingerprint density at radius 1 is 1.38 bits per heavy atom. The molecule has 0 aromatic carbocycles. The zero-order valence-electron chi connectivity index (χ0n) is 12.9. The molecule has 24 heavy (non-hydrogen) atoms. The number of β-amino-alcohol motifs (C(OH)–C–C–N with tert-alkyl or cyclic N) is 1. The predicted octanol–water partition coefficient (Wildman–Crippen LogP) is -1.11. The minimum Gasteiger partial charge on any atom is -0.481 e. The smallest absolute Gasteiger partial charge is 0.305 e. The number of carbonyl (C=O) groups is 2. The Kier molecular flexibility index (Phi) is 4.45. The average molecular weight is 333 g/mol. The number of carboxylic acid groups (broad SMARTS) is 1. The van der Waals surface area contributed by atoms with E-state index in [1.165, 1.54) is 4.90 Å². The van der Waals surface area contributed by atoms with E-state index in [1.54, 1.807) is 12.4 Å². The van der Waals surface area contributed by atoms with Gasteiger partial charge < -0.3 is 25.2 Å². The molecular weight excluding hydrogens is 314 g/mol. The third kappa shape index (κ3) is 3.36. The second-order valence-corrected chi connectivity index (χ2v) is 6.05. The first-order valence-electron chi connectivity index (χ1n) is 7.66. The molecule has 1 saturated heterocycles. The van der Waals surface area contributed by atoms with Crippen LogP contribution in [-0.4, -0.2) is 66.6 Å². The Morgan fingerprint density at radius 3 is 2.92 bits per heavy atom. The van der Waals surface area contributed by atoms with Gasteiger partial charge in [-0.25, -0.2) is 4.98 Å². The number of amides is 1. The quantitative estimate of drug-likeness (QED) is 0.632. The standard InChI is InChI=1S/C15H19N5O4/c16-11(4-14(22)23)15(24)20-6-9(12(21)8-20)3-10-7-19-2-1-17-13(19)5-18-10/h1-2,5,7,9,11-12,21H,3-4,6,8,16H2,(H,22,23)/t9-,11-,12+/m0/s1. The van der Waals surface area contributed by atoms with Crippen LogP contribution in [0.25, 0.3) is 5.65 Å². The summed E-state index contributed by atoms with van der Waals surface area (Å²) in [5.74, 6) is -1.73. The van der Waals surface area contributed by atoms with Gasteiger partial charge in [0.15, 0.2) is 5.65 Å². The predicted molar refractivity (Wildman–Crippen MR) is 83.0 cm³/mol. The highest BCUT2D eigenvalue weighted by molar-refractivity contribution is 5.86. The number of likely N-dealkylation sites (tertiary alicyclic amines) is 1. The minimum absolute atomic E-state index is 0.157. The fourth-order valence-electron chi connectivity index (χ4n) is 2.99. The van der Waals surface area contributed by atoms with Gasteiger partial charge in [0.05, 0.1) is 30.5 Å². The first-order valence-corrected chi connectivity index (χ1v) is 7.66. The second kappa shape index (κ2) is 6.54. The molecule has 1 aliphatic heterocycles. The van der Waals surface area contributed by atoms with Crippen molar-refractivity contribution in [3.8, 4) is 0 Å². The first kappa shape index (κ1) is 16.3. The molecule has 0 bridgehead atoms. The molecule has 3 atom stereocenters. The number of nitrogens with two attached hydrogens (primary N) is 1. The maximum atomic E-state index is 12.2. The number of hydrogen-bond acceptors (Lipinski definition) is 6. The van der Waals surface area contributed by atoms with Crippen molar-refractivity contribution in [1.29, 1.82) is 0 Å². The van der Waals surface area contributed by atoms with Crippen LogP contribution in [0.1, 0.15) is 12.1 Å². The van der Waals surface area contributed by atoms with Crippen LogP contribution in [-0.2, 0) is 16.0 Å². The molecule has 0 aliphatic carbocycles. The molecule has 0 spiro atoms. The lowest BCUT2D eigenvalue weighted by atomic mass is 10.0. The highest BCUT2D eigenvalue weighted by Crippen LogP contribution is 2.21. The molecule has 3 heterocycles. The van der Waals surface area contributed by atoms with Crippen molar-refractivity contribution < 1.29 is 19.8 Å². The van der Waals surface area contributed by atoms with E-state index in [2.05, 4.69) is 9.97 Å². The van der Waals surface area contributed by atoms with Crippen molar-refractivity contribution in [3.63, 3.8) is 0 Å². The van der Waals surface area contributed by atoms with E-state index in [1.807, 2.05) is 16.8 Å². The summed E-state index contributed by atoms with van der Waals surface area (Å²) >= 11 is 0. The molecule has 0 saturated carbocycles. The van der Waals surface area contributed by atoms with E-state index in [0.29, 0.717) is 13.0 Å². The second-order valence-electron chi connectivity index (χ2n) is 6.05. The normalized spacial score (nSPS) is 22.0. The van der Waals surface area contributed by atoms with E-state index < -0.39 is 30.4 Å². The SMILES string of the molecule is N[C@@H](CC(=O)O)C(=O)N1C[C@H](Cc2cn3ccnc3cn2)[C@H](O)C1. The summed E-state index contributed by atoms with van der Waals surface area (Å²) in [4.78, 5) is 32.7. The van der Waals surface area contributed by atoms with Crippen LogP contribution in [0.3, 0.4) is 0 Å². The van der Waals surface area contributed by atoms with E-state index in [4.69, 9.17) is 10.8 Å². The van der Waals surface area contributed by atoms with Crippen molar-refractivity contribution in [1.82, 2.24) is 19.3 Å². The number of nitrogens with zero attached hydrogens (tertiary/aromatic N) is 4. The van der Waals surface area contributed by atoms with Gasteiger partial charge in [-0.1, -0.05) is 0 Å². The number of imidazole rings is 1. The lowest BCUT2D eigenvalue weighted by molar-refractivity contribution is -0.141. The Balaban J connectivity index is 1.65. The number of aliphatic carboxylic acids is 1. The van der Waals surface area contributed by atoms with Crippen LogP contribution in [0.2, 0.25) is 0 Å². The number of aliphatic hydroxyl groups excluding tert-OH is 1. The molecule has 9 heteroatoms.